The molecule has 32 heavy (non-hydrogen) atoms. The van der Waals surface area contributed by atoms with Gasteiger partial charge in [0.1, 0.15) is 11.4 Å². The van der Waals surface area contributed by atoms with Gasteiger partial charge >= 0.3 is 5.97 Å². The number of hydrogen-bond donors (Lipinski definition) is 1. The van der Waals surface area contributed by atoms with Crippen LogP contribution in [-0.2, 0) is 16.1 Å². The zero-order valence-electron chi connectivity index (χ0n) is 17.0. The van der Waals surface area contributed by atoms with Gasteiger partial charge in [0.05, 0.1) is 23.9 Å². The number of carbonyl (C=O) groups excluding carboxylic acids is 2. The summed E-state index contributed by atoms with van der Waals surface area (Å²) >= 11 is 7.34. The lowest BCUT2D eigenvalue weighted by molar-refractivity contribution is -0.116. The minimum Gasteiger partial charge on any atom is -0.462 e. The average molecular weight is 468 g/mol. The molecule has 0 spiro atoms. The molecule has 0 aliphatic heterocycles. The second-order valence-electron chi connectivity index (χ2n) is 6.86. The Morgan fingerprint density at radius 1 is 1.12 bits per heavy atom. The van der Waals surface area contributed by atoms with Crippen LogP contribution in [0.15, 0.2) is 65.0 Å². The van der Waals surface area contributed by atoms with E-state index < -0.39 is 5.97 Å². The van der Waals surface area contributed by atoms with Gasteiger partial charge in [-0.05, 0) is 48.9 Å². The van der Waals surface area contributed by atoms with Crippen molar-refractivity contribution in [2.45, 2.75) is 13.5 Å². The Balaban J connectivity index is 1.54. The molecule has 4 aromatic rings. The molecule has 4 rings (SSSR count). The molecular formula is C23H18ClN3O4S. The lowest BCUT2D eigenvalue weighted by Gasteiger charge is -2.08. The Bertz CT molecular complexity index is 1340. The third-order valence-corrected chi connectivity index (χ3v) is 5.85. The Morgan fingerprint density at radius 3 is 2.53 bits per heavy atom. The van der Waals surface area contributed by atoms with Crippen molar-refractivity contribution >= 4 is 50.7 Å². The lowest BCUT2D eigenvalue weighted by Crippen LogP contribution is -2.27. The number of hydrogen-bond acceptors (Lipinski definition) is 6. The summed E-state index contributed by atoms with van der Waals surface area (Å²) in [6, 6.07) is 13.5. The fourth-order valence-corrected chi connectivity index (χ4v) is 4.21. The summed E-state index contributed by atoms with van der Waals surface area (Å²) in [5, 5.41) is 5.66. The van der Waals surface area contributed by atoms with E-state index in [1.54, 1.807) is 43.3 Å². The highest BCUT2D eigenvalue weighted by atomic mass is 35.5. The number of nitrogens with zero attached hydrogens (tertiary/aromatic N) is 2. The van der Waals surface area contributed by atoms with Gasteiger partial charge in [-0.1, -0.05) is 23.7 Å². The second-order valence-corrected chi connectivity index (χ2v) is 8.15. The van der Waals surface area contributed by atoms with Crippen molar-refractivity contribution in [2.75, 3.05) is 11.9 Å². The van der Waals surface area contributed by atoms with Crippen LogP contribution in [0.2, 0.25) is 5.02 Å². The molecular weight excluding hydrogens is 450 g/mol. The van der Waals surface area contributed by atoms with Crippen LogP contribution in [0.4, 0.5) is 5.69 Å². The van der Waals surface area contributed by atoms with Gasteiger partial charge in [-0.2, -0.15) is 0 Å². The Labute approximate surface area is 192 Å². The lowest BCUT2D eigenvalue weighted by atomic mass is 10.1. The normalized spacial score (nSPS) is 10.8. The van der Waals surface area contributed by atoms with E-state index in [1.165, 1.54) is 22.2 Å². The average Bonchev–Trinajstić information content (AvgIpc) is 3.22. The van der Waals surface area contributed by atoms with E-state index in [2.05, 4.69) is 10.3 Å². The first-order valence-electron chi connectivity index (χ1n) is 9.76. The number of fused-ring (bicyclic) bond motifs is 1. The highest BCUT2D eigenvalue weighted by Gasteiger charge is 2.15. The molecule has 0 saturated heterocycles. The summed E-state index contributed by atoms with van der Waals surface area (Å²) in [6.45, 7) is 1.82. The number of carbonyl (C=O) groups is 2. The number of amides is 1. The van der Waals surface area contributed by atoms with E-state index in [-0.39, 0.29) is 24.6 Å². The fourth-order valence-electron chi connectivity index (χ4n) is 3.18. The zero-order valence-corrected chi connectivity index (χ0v) is 18.6. The molecule has 0 bridgehead atoms. The highest BCUT2D eigenvalue weighted by molar-refractivity contribution is 7.17. The van der Waals surface area contributed by atoms with Gasteiger partial charge in [-0.3, -0.25) is 14.2 Å². The topological polar surface area (TPSA) is 90.3 Å². The van der Waals surface area contributed by atoms with Gasteiger partial charge in [0.25, 0.3) is 5.56 Å². The standard InChI is InChI=1S/C23H18ClN3O4S/c1-2-31-23(30)15-5-9-17(10-6-15)26-19(28)11-27-13-25-21-20(22(27)29)18(12-32-21)14-3-7-16(24)8-4-14/h3-10,12-13H,2,11H2,1H3,(H,26,28). The summed E-state index contributed by atoms with van der Waals surface area (Å²) in [5.74, 6) is -0.816. The van der Waals surface area contributed by atoms with E-state index in [1.807, 2.05) is 17.5 Å². The van der Waals surface area contributed by atoms with E-state index in [0.29, 0.717) is 26.5 Å². The van der Waals surface area contributed by atoms with E-state index in [4.69, 9.17) is 16.3 Å². The number of thiophene rings is 1. The Kier molecular flexibility index (Phi) is 6.34. The summed E-state index contributed by atoms with van der Waals surface area (Å²) in [6.07, 6.45) is 1.37. The van der Waals surface area contributed by atoms with Gasteiger partial charge < -0.3 is 10.1 Å². The van der Waals surface area contributed by atoms with Crippen molar-refractivity contribution in [3.8, 4) is 11.1 Å². The van der Waals surface area contributed by atoms with E-state index in [9.17, 15) is 14.4 Å². The van der Waals surface area contributed by atoms with Gasteiger partial charge in [-0.15, -0.1) is 11.3 Å². The van der Waals surface area contributed by atoms with Crippen LogP contribution >= 0.6 is 22.9 Å². The van der Waals surface area contributed by atoms with Gasteiger partial charge in [0, 0.05) is 21.7 Å². The van der Waals surface area contributed by atoms with Crippen molar-refractivity contribution < 1.29 is 14.3 Å². The van der Waals surface area contributed by atoms with Crippen LogP contribution in [0.3, 0.4) is 0 Å². The van der Waals surface area contributed by atoms with Crippen LogP contribution in [0, 0.1) is 0 Å². The smallest absolute Gasteiger partial charge is 0.338 e. The van der Waals surface area contributed by atoms with Crippen LogP contribution in [0.25, 0.3) is 21.3 Å². The SMILES string of the molecule is CCOC(=O)c1ccc(NC(=O)Cn2cnc3scc(-c4ccc(Cl)cc4)c3c2=O)cc1. The number of ether oxygens (including phenoxy) is 1. The number of aromatic nitrogens is 2. The molecule has 7 nitrogen and oxygen atoms in total. The molecule has 2 aromatic heterocycles. The maximum Gasteiger partial charge on any atom is 0.338 e. The fraction of sp³-hybridized carbons (Fsp3) is 0.130. The Morgan fingerprint density at radius 2 is 1.84 bits per heavy atom. The third kappa shape index (κ3) is 4.56. The molecule has 2 heterocycles. The van der Waals surface area contributed by atoms with Crippen LogP contribution in [0.5, 0.6) is 0 Å². The highest BCUT2D eigenvalue weighted by Crippen LogP contribution is 2.31. The van der Waals surface area contributed by atoms with Crippen LogP contribution < -0.4 is 10.9 Å². The number of nitrogens with one attached hydrogen (secondary N) is 1. The van der Waals surface area contributed by atoms with Crippen LogP contribution in [0.1, 0.15) is 17.3 Å². The summed E-state index contributed by atoms with van der Waals surface area (Å²) in [5.41, 5.74) is 2.20. The van der Waals surface area contributed by atoms with Crippen molar-refractivity contribution in [1.82, 2.24) is 9.55 Å². The molecule has 162 valence electrons. The van der Waals surface area contributed by atoms with Crippen molar-refractivity contribution in [2.24, 2.45) is 0 Å². The largest absolute Gasteiger partial charge is 0.462 e. The van der Waals surface area contributed by atoms with Gasteiger partial charge in [-0.25, -0.2) is 9.78 Å². The molecule has 0 radical (unpaired) electrons. The predicted octanol–water partition coefficient (Wildman–Crippen LogP) is 4.59. The molecule has 1 N–H and O–H groups in total. The molecule has 0 aliphatic carbocycles. The maximum absolute atomic E-state index is 13.1. The number of halogens is 1. The quantitative estimate of drug-likeness (QED) is 0.419. The number of benzene rings is 2. The third-order valence-electron chi connectivity index (χ3n) is 4.71. The number of esters is 1. The first kappa shape index (κ1) is 21.7. The van der Waals surface area contributed by atoms with E-state index >= 15 is 0 Å². The van der Waals surface area contributed by atoms with Crippen molar-refractivity contribution in [3.05, 3.63) is 81.2 Å². The predicted molar refractivity (Wildman–Crippen MR) is 125 cm³/mol. The summed E-state index contributed by atoms with van der Waals surface area (Å²) in [7, 11) is 0. The molecule has 0 fully saturated rings. The molecule has 0 saturated carbocycles. The molecule has 0 atom stereocenters. The van der Waals surface area contributed by atoms with Crippen LogP contribution in [-0.4, -0.2) is 28.0 Å². The number of anilines is 1. The molecule has 0 aliphatic rings. The number of rotatable bonds is 6. The minimum atomic E-state index is -0.427. The minimum absolute atomic E-state index is 0.197. The van der Waals surface area contributed by atoms with Crippen molar-refractivity contribution in [1.29, 1.82) is 0 Å². The summed E-state index contributed by atoms with van der Waals surface area (Å²) < 4.78 is 6.21. The first-order chi connectivity index (χ1) is 15.5. The zero-order chi connectivity index (χ0) is 22.7. The van der Waals surface area contributed by atoms with Crippen molar-refractivity contribution in [3.63, 3.8) is 0 Å². The monoisotopic (exact) mass is 467 g/mol. The molecule has 9 heteroatoms. The molecule has 1 amide bonds. The first-order valence-corrected chi connectivity index (χ1v) is 11.0. The molecule has 2 aromatic carbocycles. The van der Waals surface area contributed by atoms with Gasteiger partial charge in [0.2, 0.25) is 5.91 Å². The van der Waals surface area contributed by atoms with Gasteiger partial charge in [0.15, 0.2) is 0 Å². The second kappa shape index (κ2) is 9.33. The van der Waals surface area contributed by atoms with E-state index in [0.717, 1.165) is 11.1 Å². The molecule has 0 unspecified atom stereocenters. The Hall–Kier alpha value is -3.49. The maximum atomic E-state index is 13.1. The summed E-state index contributed by atoms with van der Waals surface area (Å²) in [4.78, 5) is 42.3.